The third-order valence-corrected chi connectivity index (χ3v) is 4.34. The third-order valence-electron chi connectivity index (χ3n) is 4.34. The van der Waals surface area contributed by atoms with Crippen LogP contribution in [-0.2, 0) is 4.79 Å². The van der Waals surface area contributed by atoms with Gasteiger partial charge in [-0.3, -0.25) is 4.79 Å². The lowest BCUT2D eigenvalue weighted by molar-refractivity contribution is -0.137. The molecule has 0 unspecified atom stereocenters. The maximum Gasteiger partial charge on any atom is 0.313 e. The number of ether oxygens (including phenoxy) is 1. The molecule has 0 saturated carbocycles. The molecule has 2 heteroatoms. The summed E-state index contributed by atoms with van der Waals surface area (Å²) in [5.41, 5.74) is 0. The Labute approximate surface area is 140 Å². The number of rotatable bonds is 2. The molecule has 4 aromatic rings. The van der Waals surface area contributed by atoms with E-state index in [1.165, 1.54) is 16.2 Å². The maximum atomic E-state index is 12.0. The van der Waals surface area contributed by atoms with Crippen molar-refractivity contribution >= 4 is 38.3 Å². The molecule has 0 radical (unpaired) electrons. The summed E-state index contributed by atoms with van der Waals surface area (Å²) in [6.45, 7) is 3.68. The Kier molecular flexibility index (Phi) is 3.46. The first-order valence-electron chi connectivity index (χ1n) is 8.19. The van der Waals surface area contributed by atoms with Gasteiger partial charge in [0.1, 0.15) is 5.75 Å². The summed E-state index contributed by atoms with van der Waals surface area (Å²) in [4.78, 5) is 12.0. The lowest BCUT2D eigenvalue weighted by Gasteiger charge is -2.11. The number of carbonyl (C=O) groups excluding carboxylic acids is 1. The minimum Gasteiger partial charge on any atom is -0.426 e. The van der Waals surface area contributed by atoms with Crippen molar-refractivity contribution in [3.05, 3.63) is 66.7 Å². The molecule has 0 fully saturated rings. The van der Waals surface area contributed by atoms with Crippen LogP contribution in [0.3, 0.4) is 0 Å². The second kappa shape index (κ2) is 5.64. The van der Waals surface area contributed by atoms with Gasteiger partial charge < -0.3 is 4.74 Å². The van der Waals surface area contributed by atoms with E-state index in [0.29, 0.717) is 5.75 Å². The Bertz CT molecular complexity index is 1080. The van der Waals surface area contributed by atoms with E-state index in [2.05, 4.69) is 48.5 Å². The standard InChI is InChI=1S/C22H18O2/c1-14(2)22(23)24-21-9-5-8-17-12-18-10-15-6-3-4-7-16(15)11-19(18)13-20(17)21/h3-14H,1-2H3. The zero-order valence-electron chi connectivity index (χ0n) is 13.7. The van der Waals surface area contributed by atoms with E-state index < -0.39 is 0 Å². The van der Waals surface area contributed by atoms with Gasteiger partial charge >= 0.3 is 5.97 Å². The first kappa shape index (κ1) is 14.7. The highest BCUT2D eigenvalue weighted by Gasteiger charge is 2.12. The Morgan fingerprint density at radius 1 is 0.750 bits per heavy atom. The quantitative estimate of drug-likeness (QED) is 0.269. The molecule has 0 bridgehead atoms. The van der Waals surface area contributed by atoms with Crippen molar-refractivity contribution in [2.24, 2.45) is 5.92 Å². The molecule has 0 aliphatic carbocycles. The van der Waals surface area contributed by atoms with Crippen molar-refractivity contribution in [2.45, 2.75) is 13.8 Å². The van der Waals surface area contributed by atoms with Gasteiger partial charge in [0.2, 0.25) is 0 Å². The summed E-state index contributed by atoms with van der Waals surface area (Å²) < 4.78 is 5.59. The molecular formula is C22H18O2. The summed E-state index contributed by atoms with van der Waals surface area (Å²) in [5, 5.41) is 6.82. The van der Waals surface area contributed by atoms with Crippen LogP contribution in [0.15, 0.2) is 66.7 Å². The van der Waals surface area contributed by atoms with Crippen LogP contribution < -0.4 is 4.74 Å². The van der Waals surface area contributed by atoms with Crippen LogP contribution in [0.1, 0.15) is 13.8 Å². The zero-order chi connectivity index (χ0) is 16.7. The highest BCUT2D eigenvalue weighted by molar-refractivity contribution is 6.06. The SMILES string of the molecule is CC(C)C(=O)Oc1cccc2cc3cc4ccccc4cc3cc12. The van der Waals surface area contributed by atoms with Gasteiger partial charge in [-0.05, 0) is 57.3 Å². The maximum absolute atomic E-state index is 12.0. The van der Waals surface area contributed by atoms with Gasteiger partial charge in [0.25, 0.3) is 0 Å². The van der Waals surface area contributed by atoms with E-state index in [1.54, 1.807) is 0 Å². The van der Waals surface area contributed by atoms with Gasteiger partial charge in [-0.15, -0.1) is 0 Å². The van der Waals surface area contributed by atoms with E-state index in [-0.39, 0.29) is 11.9 Å². The lowest BCUT2D eigenvalue weighted by Crippen LogP contribution is -2.14. The molecule has 4 aromatic carbocycles. The predicted molar refractivity (Wildman–Crippen MR) is 99.4 cm³/mol. The van der Waals surface area contributed by atoms with Crippen LogP contribution in [0.5, 0.6) is 5.75 Å². The first-order valence-corrected chi connectivity index (χ1v) is 8.19. The monoisotopic (exact) mass is 314 g/mol. The van der Waals surface area contributed by atoms with Crippen LogP contribution in [0, 0.1) is 5.92 Å². The lowest BCUT2D eigenvalue weighted by atomic mass is 9.99. The topological polar surface area (TPSA) is 26.3 Å². The fourth-order valence-electron chi connectivity index (χ4n) is 3.01. The number of hydrogen-bond acceptors (Lipinski definition) is 2. The highest BCUT2D eigenvalue weighted by atomic mass is 16.5. The van der Waals surface area contributed by atoms with Crippen molar-refractivity contribution in [1.29, 1.82) is 0 Å². The molecular weight excluding hydrogens is 296 g/mol. The van der Waals surface area contributed by atoms with Crippen LogP contribution in [-0.4, -0.2) is 5.97 Å². The van der Waals surface area contributed by atoms with E-state index in [9.17, 15) is 4.79 Å². The molecule has 2 nitrogen and oxygen atoms in total. The van der Waals surface area contributed by atoms with Gasteiger partial charge in [-0.25, -0.2) is 0 Å². The third kappa shape index (κ3) is 2.50. The van der Waals surface area contributed by atoms with Gasteiger partial charge in [-0.1, -0.05) is 50.2 Å². The Morgan fingerprint density at radius 2 is 1.33 bits per heavy atom. The molecule has 24 heavy (non-hydrogen) atoms. The smallest absolute Gasteiger partial charge is 0.313 e. The zero-order valence-corrected chi connectivity index (χ0v) is 13.7. The van der Waals surface area contributed by atoms with E-state index in [0.717, 1.165) is 16.2 Å². The fraction of sp³-hybridized carbons (Fsp3) is 0.136. The average molecular weight is 314 g/mol. The van der Waals surface area contributed by atoms with Gasteiger partial charge in [0.15, 0.2) is 0 Å². The molecule has 0 aliphatic rings. The van der Waals surface area contributed by atoms with Crippen molar-refractivity contribution in [3.8, 4) is 5.75 Å². The minimum absolute atomic E-state index is 0.148. The second-order valence-corrected chi connectivity index (χ2v) is 6.45. The minimum atomic E-state index is -0.207. The summed E-state index contributed by atoms with van der Waals surface area (Å²) in [6, 6.07) is 22.8. The molecule has 4 rings (SSSR count). The largest absolute Gasteiger partial charge is 0.426 e. The van der Waals surface area contributed by atoms with Gasteiger partial charge in [0, 0.05) is 5.39 Å². The van der Waals surface area contributed by atoms with Crippen molar-refractivity contribution < 1.29 is 9.53 Å². The number of benzene rings is 4. The van der Waals surface area contributed by atoms with E-state index in [1.807, 2.05) is 32.0 Å². The Morgan fingerprint density at radius 3 is 2.00 bits per heavy atom. The van der Waals surface area contributed by atoms with Crippen LogP contribution >= 0.6 is 0 Å². The molecule has 0 aromatic heterocycles. The fourth-order valence-corrected chi connectivity index (χ4v) is 3.01. The molecule has 0 N–H and O–H groups in total. The first-order chi connectivity index (χ1) is 11.6. The molecule has 118 valence electrons. The van der Waals surface area contributed by atoms with Gasteiger partial charge in [-0.2, -0.15) is 0 Å². The average Bonchev–Trinajstić information content (AvgIpc) is 2.58. The summed E-state index contributed by atoms with van der Waals surface area (Å²) >= 11 is 0. The van der Waals surface area contributed by atoms with Crippen molar-refractivity contribution in [3.63, 3.8) is 0 Å². The molecule has 0 heterocycles. The van der Waals surface area contributed by atoms with E-state index in [4.69, 9.17) is 4.74 Å². The summed E-state index contributed by atoms with van der Waals surface area (Å²) in [6.07, 6.45) is 0. The molecule has 0 spiro atoms. The van der Waals surface area contributed by atoms with Crippen LogP contribution in [0.4, 0.5) is 0 Å². The van der Waals surface area contributed by atoms with Crippen LogP contribution in [0.2, 0.25) is 0 Å². The number of hydrogen-bond donors (Lipinski definition) is 0. The molecule has 0 atom stereocenters. The molecule has 0 aliphatic heterocycles. The van der Waals surface area contributed by atoms with Crippen molar-refractivity contribution in [1.82, 2.24) is 0 Å². The highest BCUT2D eigenvalue weighted by Crippen LogP contribution is 2.32. The normalized spacial score (nSPS) is 11.5. The number of carbonyl (C=O) groups is 1. The number of esters is 1. The predicted octanol–water partition coefficient (Wildman–Crippen LogP) is 5.71. The Balaban J connectivity index is 1.95. The Hall–Kier alpha value is -2.87. The number of fused-ring (bicyclic) bond motifs is 3. The second-order valence-electron chi connectivity index (χ2n) is 6.45. The van der Waals surface area contributed by atoms with E-state index >= 15 is 0 Å². The molecule has 0 saturated heterocycles. The molecule has 0 amide bonds. The summed E-state index contributed by atoms with van der Waals surface area (Å²) in [7, 11) is 0. The van der Waals surface area contributed by atoms with Crippen molar-refractivity contribution in [2.75, 3.05) is 0 Å². The van der Waals surface area contributed by atoms with Gasteiger partial charge in [0.05, 0.1) is 5.92 Å². The summed E-state index contributed by atoms with van der Waals surface area (Å²) in [5.74, 6) is 0.270. The van der Waals surface area contributed by atoms with Crippen LogP contribution in [0.25, 0.3) is 32.3 Å².